The Kier molecular flexibility index (Phi) is 2.60. The van der Waals surface area contributed by atoms with E-state index < -0.39 is 0 Å². The molecule has 0 spiro atoms. The van der Waals surface area contributed by atoms with Crippen molar-refractivity contribution in [3.8, 4) is 17.0 Å². The van der Waals surface area contributed by atoms with Crippen molar-refractivity contribution in [1.29, 1.82) is 0 Å². The number of para-hydroxylation sites is 1. The van der Waals surface area contributed by atoms with Gasteiger partial charge >= 0.3 is 0 Å². The van der Waals surface area contributed by atoms with Crippen LogP contribution in [0.2, 0.25) is 0 Å². The Morgan fingerprint density at radius 3 is 3.00 bits per heavy atom. The second-order valence-electron chi connectivity index (χ2n) is 4.30. The molecule has 0 saturated heterocycles. The monoisotopic (exact) mass is 242 g/mol. The zero-order valence-corrected chi connectivity index (χ0v) is 9.84. The molecule has 0 radical (unpaired) electrons. The smallest absolute Gasteiger partial charge is 0.132 e. The Labute approximate surface area is 105 Å². The molecule has 0 amide bonds. The third kappa shape index (κ3) is 1.78. The van der Waals surface area contributed by atoms with Gasteiger partial charge in [-0.25, -0.2) is 9.97 Å². The Bertz CT molecular complexity index is 585. The van der Waals surface area contributed by atoms with E-state index in [4.69, 9.17) is 16.2 Å². The van der Waals surface area contributed by atoms with Gasteiger partial charge in [-0.3, -0.25) is 0 Å². The van der Waals surface area contributed by atoms with E-state index in [0.717, 1.165) is 23.4 Å². The molecule has 5 nitrogen and oxygen atoms in total. The lowest BCUT2D eigenvalue weighted by Gasteiger charge is -2.10. The SMILES string of the molecule is NCC1Cc2cccc(-c3cc(N)ncn3)c2O1. The number of aromatic nitrogens is 2. The fourth-order valence-corrected chi connectivity index (χ4v) is 2.19. The molecule has 1 aliphatic rings. The lowest BCUT2D eigenvalue weighted by atomic mass is 10.0. The van der Waals surface area contributed by atoms with E-state index in [1.165, 1.54) is 11.9 Å². The second-order valence-corrected chi connectivity index (χ2v) is 4.30. The highest BCUT2D eigenvalue weighted by Crippen LogP contribution is 2.37. The summed E-state index contributed by atoms with van der Waals surface area (Å²) in [5.74, 6) is 1.32. The van der Waals surface area contributed by atoms with E-state index >= 15 is 0 Å². The van der Waals surface area contributed by atoms with Gasteiger partial charge in [0, 0.05) is 24.6 Å². The van der Waals surface area contributed by atoms with Crippen molar-refractivity contribution >= 4 is 5.82 Å². The van der Waals surface area contributed by atoms with Crippen molar-refractivity contribution in [1.82, 2.24) is 9.97 Å². The third-order valence-electron chi connectivity index (χ3n) is 3.06. The Balaban J connectivity index is 2.08. The summed E-state index contributed by atoms with van der Waals surface area (Å²) in [5.41, 5.74) is 14.2. The van der Waals surface area contributed by atoms with Crippen LogP contribution >= 0.6 is 0 Å². The third-order valence-corrected chi connectivity index (χ3v) is 3.06. The highest BCUT2D eigenvalue weighted by molar-refractivity contribution is 5.71. The molecule has 1 atom stereocenters. The first-order chi connectivity index (χ1) is 8.78. The van der Waals surface area contributed by atoms with Crippen LogP contribution in [0.3, 0.4) is 0 Å². The standard InChI is InChI=1S/C13H14N4O/c14-6-9-4-8-2-1-3-10(13(8)18-9)11-5-12(15)17-7-16-11/h1-3,5,7,9H,4,6,14H2,(H2,15,16,17). The Morgan fingerprint density at radius 2 is 2.22 bits per heavy atom. The van der Waals surface area contributed by atoms with Gasteiger partial charge in [-0.15, -0.1) is 0 Å². The van der Waals surface area contributed by atoms with Crippen LogP contribution in [0.25, 0.3) is 11.3 Å². The summed E-state index contributed by atoms with van der Waals surface area (Å²) in [4.78, 5) is 8.13. The van der Waals surface area contributed by atoms with Crippen LogP contribution in [0.4, 0.5) is 5.82 Å². The molecule has 1 unspecified atom stereocenters. The van der Waals surface area contributed by atoms with Gasteiger partial charge in [-0.1, -0.05) is 12.1 Å². The average Bonchev–Trinajstić information content (AvgIpc) is 2.81. The van der Waals surface area contributed by atoms with Gasteiger partial charge in [-0.2, -0.15) is 0 Å². The van der Waals surface area contributed by atoms with E-state index in [1.54, 1.807) is 6.07 Å². The first-order valence-electron chi connectivity index (χ1n) is 5.84. The number of nitrogen functional groups attached to an aromatic ring is 1. The van der Waals surface area contributed by atoms with E-state index in [2.05, 4.69) is 16.0 Å². The number of fused-ring (bicyclic) bond motifs is 1. The number of hydrogen-bond donors (Lipinski definition) is 2. The fourth-order valence-electron chi connectivity index (χ4n) is 2.19. The molecule has 92 valence electrons. The molecular formula is C13H14N4O. The van der Waals surface area contributed by atoms with E-state index in [0.29, 0.717) is 12.4 Å². The quantitative estimate of drug-likeness (QED) is 0.820. The molecule has 1 aromatic heterocycles. The minimum Gasteiger partial charge on any atom is -0.488 e. The van der Waals surface area contributed by atoms with E-state index in [9.17, 15) is 0 Å². The highest BCUT2D eigenvalue weighted by atomic mass is 16.5. The number of ether oxygens (including phenoxy) is 1. The predicted molar refractivity (Wildman–Crippen MR) is 69.1 cm³/mol. The summed E-state index contributed by atoms with van der Waals surface area (Å²) in [5, 5.41) is 0. The van der Waals surface area contributed by atoms with Gasteiger partial charge in [-0.05, 0) is 11.6 Å². The zero-order chi connectivity index (χ0) is 12.5. The topological polar surface area (TPSA) is 87.1 Å². The molecule has 1 aliphatic heterocycles. The van der Waals surface area contributed by atoms with Crippen LogP contribution in [-0.4, -0.2) is 22.6 Å². The van der Waals surface area contributed by atoms with Gasteiger partial charge in [0.25, 0.3) is 0 Å². The first-order valence-corrected chi connectivity index (χ1v) is 5.84. The van der Waals surface area contributed by atoms with Crippen molar-refractivity contribution in [2.45, 2.75) is 12.5 Å². The van der Waals surface area contributed by atoms with Gasteiger partial charge in [0.05, 0.1) is 5.69 Å². The number of benzene rings is 1. The maximum Gasteiger partial charge on any atom is 0.132 e. The van der Waals surface area contributed by atoms with E-state index in [-0.39, 0.29) is 6.10 Å². The van der Waals surface area contributed by atoms with Crippen LogP contribution in [-0.2, 0) is 6.42 Å². The molecule has 2 heterocycles. The van der Waals surface area contributed by atoms with Gasteiger partial charge in [0.1, 0.15) is 24.0 Å². The summed E-state index contributed by atoms with van der Waals surface area (Å²) >= 11 is 0. The number of hydrogen-bond acceptors (Lipinski definition) is 5. The Morgan fingerprint density at radius 1 is 1.33 bits per heavy atom. The van der Waals surface area contributed by atoms with Crippen molar-refractivity contribution in [3.63, 3.8) is 0 Å². The molecule has 1 aromatic carbocycles. The lowest BCUT2D eigenvalue weighted by Crippen LogP contribution is -2.24. The van der Waals surface area contributed by atoms with Gasteiger partial charge in [0.2, 0.25) is 0 Å². The lowest BCUT2D eigenvalue weighted by molar-refractivity contribution is 0.242. The predicted octanol–water partition coefficient (Wildman–Crippen LogP) is 0.988. The molecule has 0 saturated carbocycles. The number of nitrogens with zero attached hydrogens (tertiary/aromatic N) is 2. The summed E-state index contributed by atoms with van der Waals surface area (Å²) < 4.78 is 5.86. The second kappa shape index (κ2) is 4.27. The molecule has 4 N–H and O–H groups in total. The maximum absolute atomic E-state index is 5.86. The van der Waals surface area contributed by atoms with Crippen LogP contribution in [0.15, 0.2) is 30.6 Å². The fraction of sp³-hybridized carbons (Fsp3) is 0.231. The normalized spacial score (nSPS) is 17.3. The summed E-state index contributed by atoms with van der Waals surface area (Å²) in [6, 6.07) is 7.77. The molecule has 18 heavy (non-hydrogen) atoms. The Hall–Kier alpha value is -2.14. The largest absolute Gasteiger partial charge is 0.488 e. The summed E-state index contributed by atoms with van der Waals surface area (Å²) in [6.07, 6.45) is 2.36. The zero-order valence-electron chi connectivity index (χ0n) is 9.84. The molecule has 0 aliphatic carbocycles. The summed E-state index contributed by atoms with van der Waals surface area (Å²) in [7, 11) is 0. The van der Waals surface area contributed by atoms with Crippen molar-refractivity contribution < 1.29 is 4.74 Å². The maximum atomic E-state index is 5.86. The molecular weight excluding hydrogens is 228 g/mol. The number of rotatable bonds is 2. The molecule has 2 aromatic rings. The molecule has 0 fully saturated rings. The van der Waals surface area contributed by atoms with Crippen LogP contribution in [0.1, 0.15) is 5.56 Å². The van der Waals surface area contributed by atoms with Crippen LogP contribution in [0.5, 0.6) is 5.75 Å². The average molecular weight is 242 g/mol. The minimum absolute atomic E-state index is 0.0559. The number of anilines is 1. The van der Waals surface area contributed by atoms with E-state index in [1.807, 2.05) is 12.1 Å². The summed E-state index contributed by atoms with van der Waals surface area (Å²) in [6.45, 7) is 0.514. The first kappa shape index (κ1) is 11.0. The minimum atomic E-state index is 0.0559. The number of nitrogens with two attached hydrogens (primary N) is 2. The van der Waals surface area contributed by atoms with Gasteiger partial charge in [0.15, 0.2) is 0 Å². The van der Waals surface area contributed by atoms with Crippen molar-refractivity contribution in [2.75, 3.05) is 12.3 Å². The molecule has 3 rings (SSSR count). The van der Waals surface area contributed by atoms with Gasteiger partial charge < -0.3 is 16.2 Å². The van der Waals surface area contributed by atoms with Crippen LogP contribution in [0, 0.1) is 0 Å². The van der Waals surface area contributed by atoms with Crippen molar-refractivity contribution in [2.24, 2.45) is 5.73 Å². The molecule has 0 bridgehead atoms. The van der Waals surface area contributed by atoms with Crippen molar-refractivity contribution in [3.05, 3.63) is 36.2 Å². The van der Waals surface area contributed by atoms with Crippen LogP contribution < -0.4 is 16.2 Å². The highest BCUT2D eigenvalue weighted by Gasteiger charge is 2.24. The molecule has 5 heteroatoms.